The summed E-state index contributed by atoms with van der Waals surface area (Å²) in [7, 11) is 0. The van der Waals surface area contributed by atoms with Crippen LogP contribution in [-0.2, 0) is 9.59 Å². The number of likely N-dealkylation sites (tertiary alicyclic amines) is 2. The van der Waals surface area contributed by atoms with Crippen LogP contribution in [0.2, 0.25) is 0 Å². The van der Waals surface area contributed by atoms with Gasteiger partial charge in [0, 0.05) is 12.8 Å². The number of amides is 2. The highest BCUT2D eigenvalue weighted by molar-refractivity contribution is 6.01. The number of carbonyl (C=O) groups is 2. The van der Waals surface area contributed by atoms with Crippen LogP contribution in [0.1, 0.15) is 38.5 Å². The van der Waals surface area contributed by atoms with Gasteiger partial charge in [-0.3, -0.25) is 9.59 Å². The molecule has 0 atom stereocenters. The third kappa shape index (κ3) is 2.56. The first-order valence-corrected chi connectivity index (χ1v) is 5.94. The van der Waals surface area contributed by atoms with Crippen LogP contribution in [0.25, 0.3) is 0 Å². The van der Waals surface area contributed by atoms with E-state index in [1.165, 1.54) is 35.5 Å². The van der Waals surface area contributed by atoms with E-state index >= 15 is 0 Å². The van der Waals surface area contributed by atoms with Gasteiger partial charge in [-0.15, -0.1) is 0 Å². The molecule has 2 aliphatic rings. The molecule has 0 unspecified atom stereocenters. The maximum absolute atomic E-state index is 11.4. The van der Waals surface area contributed by atoms with Crippen LogP contribution in [0.5, 0.6) is 0 Å². The van der Waals surface area contributed by atoms with Gasteiger partial charge < -0.3 is 4.90 Å². The second-order valence-electron chi connectivity index (χ2n) is 4.54. The molecule has 0 aromatic heterocycles. The number of nitrogens with one attached hydrogen (secondary N) is 1. The van der Waals surface area contributed by atoms with Gasteiger partial charge in [0.2, 0.25) is 11.8 Å². The summed E-state index contributed by atoms with van der Waals surface area (Å²) >= 11 is 0. The maximum atomic E-state index is 11.4. The summed E-state index contributed by atoms with van der Waals surface area (Å²) in [6.07, 6.45) is 5.89. The predicted molar refractivity (Wildman–Crippen MR) is 55.1 cm³/mol. The highest BCUT2D eigenvalue weighted by Gasteiger charge is 2.31. The number of nitrogens with zero attached hydrogens (tertiary/aromatic N) is 1. The van der Waals surface area contributed by atoms with Crippen LogP contribution in [0, 0.1) is 0 Å². The molecule has 2 amide bonds. The second kappa shape index (κ2) is 4.75. The highest BCUT2D eigenvalue weighted by atomic mass is 16.2. The van der Waals surface area contributed by atoms with Crippen molar-refractivity contribution in [2.24, 2.45) is 0 Å². The third-order valence-corrected chi connectivity index (χ3v) is 3.35. The first-order chi connectivity index (χ1) is 7.27. The molecular formula is C11H19N2O2+. The molecule has 2 saturated heterocycles. The highest BCUT2D eigenvalue weighted by Crippen LogP contribution is 2.09. The van der Waals surface area contributed by atoms with Crippen molar-refractivity contribution in [2.75, 3.05) is 19.8 Å². The first-order valence-electron chi connectivity index (χ1n) is 5.94. The Balaban J connectivity index is 1.89. The van der Waals surface area contributed by atoms with E-state index < -0.39 is 0 Å². The van der Waals surface area contributed by atoms with Gasteiger partial charge in [-0.2, -0.15) is 0 Å². The Morgan fingerprint density at radius 2 is 1.47 bits per heavy atom. The number of carbonyl (C=O) groups excluding carboxylic acids is 2. The van der Waals surface area contributed by atoms with Gasteiger partial charge in [-0.05, 0) is 25.7 Å². The Kier molecular flexibility index (Phi) is 3.36. The van der Waals surface area contributed by atoms with Gasteiger partial charge in [0.25, 0.3) is 0 Å². The van der Waals surface area contributed by atoms with Crippen molar-refractivity contribution in [1.29, 1.82) is 0 Å². The summed E-state index contributed by atoms with van der Waals surface area (Å²) in [4.78, 5) is 25.7. The number of quaternary nitrogens is 1. The van der Waals surface area contributed by atoms with Crippen molar-refractivity contribution in [3.8, 4) is 0 Å². The number of imide groups is 1. The summed E-state index contributed by atoms with van der Waals surface area (Å²) in [6.45, 7) is 2.83. The third-order valence-electron chi connectivity index (χ3n) is 3.35. The lowest BCUT2D eigenvalue weighted by atomic mass is 10.2. The largest absolute Gasteiger partial charge is 0.317 e. The van der Waals surface area contributed by atoms with Crippen LogP contribution in [-0.4, -0.2) is 36.5 Å². The van der Waals surface area contributed by atoms with Crippen molar-refractivity contribution in [3.05, 3.63) is 0 Å². The van der Waals surface area contributed by atoms with Crippen LogP contribution in [0.3, 0.4) is 0 Å². The van der Waals surface area contributed by atoms with E-state index in [0.717, 1.165) is 13.1 Å². The molecular weight excluding hydrogens is 192 g/mol. The van der Waals surface area contributed by atoms with E-state index in [4.69, 9.17) is 0 Å². The summed E-state index contributed by atoms with van der Waals surface area (Å²) in [5, 5.41) is 0. The van der Waals surface area contributed by atoms with E-state index in [0.29, 0.717) is 19.5 Å². The maximum Gasteiger partial charge on any atom is 0.234 e. The van der Waals surface area contributed by atoms with Crippen molar-refractivity contribution in [1.82, 2.24) is 4.90 Å². The SMILES string of the molecule is O=C1CCC(=O)N1C[NH+]1CCCCCC1. The molecule has 0 saturated carbocycles. The normalized spacial score (nSPS) is 24.7. The van der Waals surface area contributed by atoms with Crippen molar-refractivity contribution >= 4 is 11.8 Å². The van der Waals surface area contributed by atoms with Crippen molar-refractivity contribution in [3.63, 3.8) is 0 Å². The van der Waals surface area contributed by atoms with E-state index in [9.17, 15) is 9.59 Å². The Morgan fingerprint density at radius 1 is 0.933 bits per heavy atom. The summed E-state index contributed by atoms with van der Waals surface area (Å²) < 4.78 is 0. The molecule has 2 heterocycles. The van der Waals surface area contributed by atoms with Gasteiger partial charge in [-0.25, -0.2) is 4.90 Å². The second-order valence-corrected chi connectivity index (χ2v) is 4.54. The lowest BCUT2D eigenvalue weighted by Gasteiger charge is -2.22. The monoisotopic (exact) mass is 211 g/mol. The fourth-order valence-corrected chi connectivity index (χ4v) is 2.41. The molecule has 0 aromatic rings. The Labute approximate surface area is 90.2 Å². The van der Waals surface area contributed by atoms with Gasteiger partial charge in [0.15, 0.2) is 6.67 Å². The van der Waals surface area contributed by atoms with Gasteiger partial charge in [-0.1, -0.05) is 0 Å². The Hall–Kier alpha value is -0.900. The van der Waals surface area contributed by atoms with Crippen LogP contribution in [0.15, 0.2) is 0 Å². The zero-order chi connectivity index (χ0) is 10.7. The molecule has 15 heavy (non-hydrogen) atoms. The van der Waals surface area contributed by atoms with E-state index in [1.807, 2.05) is 0 Å². The molecule has 4 nitrogen and oxygen atoms in total. The zero-order valence-electron chi connectivity index (χ0n) is 9.13. The molecule has 84 valence electrons. The number of rotatable bonds is 2. The minimum absolute atomic E-state index is 0.0248. The molecule has 2 rings (SSSR count). The van der Waals surface area contributed by atoms with Crippen LogP contribution in [0.4, 0.5) is 0 Å². The topological polar surface area (TPSA) is 41.8 Å². The fourth-order valence-electron chi connectivity index (χ4n) is 2.41. The number of hydrogen-bond acceptors (Lipinski definition) is 2. The summed E-state index contributed by atoms with van der Waals surface area (Å²) in [5.41, 5.74) is 0. The molecule has 0 aromatic carbocycles. The lowest BCUT2D eigenvalue weighted by Crippen LogP contribution is -3.13. The predicted octanol–water partition coefficient (Wildman–Crippen LogP) is -0.448. The van der Waals surface area contributed by atoms with Gasteiger partial charge in [0.1, 0.15) is 0 Å². The van der Waals surface area contributed by atoms with Crippen molar-refractivity contribution in [2.45, 2.75) is 38.5 Å². The van der Waals surface area contributed by atoms with Crippen molar-refractivity contribution < 1.29 is 14.5 Å². The quantitative estimate of drug-likeness (QED) is 0.629. The minimum atomic E-state index is 0.0248. The molecule has 0 radical (unpaired) electrons. The smallest absolute Gasteiger partial charge is 0.234 e. The Morgan fingerprint density at radius 3 is 2.00 bits per heavy atom. The van der Waals surface area contributed by atoms with E-state index in [1.54, 1.807) is 0 Å². The van der Waals surface area contributed by atoms with E-state index in [2.05, 4.69) is 0 Å². The van der Waals surface area contributed by atoms with Crippen LogP contribution < -0.4 is 4.90 Å². The van der Waals surface area contributed by atoms with E-state index in [-0.39, 0.29) is 11.8 Å². The average Bonchev–Trinajstić information content (AvgIpc) is 2.49. The average molecular weight is 211 g/mol. The van der Waals surface area contributed by atoms with Gasteiger partial charge >= 0.3 is 0 Å². The fraction of sp³-hybridized carbons (Fsp3) is 0.818. The lowest BCUT2D eigenvalue weighted by molar-refractivity contribution is -0.906. The zero-order valence-corrected chi connectivity index (χ0v) is 9.13. The Bertz CT molecular complexity index is 241. The molecule has 4 heteroatoms. The summed E-state index contributed by atoms with van der Waals surface area (Å²) in [5.74, 6) is 0.0495. The molecule has 1 N–H and O–H groups in total. The van der Waals surface area contributed by atoms with Crippen LogP contribution >= 0.6 is 0 Å². The number of hydrogen-bond donors (Lipinski definition) is 1. The summed E-state index contributed by atoms with van der Waals surface area (Å²) in [6, 6.07) is 0. The molecule has 2 fully saturated rings. The first kappa shape index (κ1) is 10.6. The molecule has 0 spiro atoms. The molecule has 2 aliphatic heterocycles. The van der Waals surface area contributed by atoms with Gasteiger partial charge in [0.05, 0.1) is 13.1 Å². The minimum Gasteiger partial charge on any atom is -0.317 e. The molecule has 0 aliphatic carbocycles. The molecule has 0 bridgehead atoms. The standard InChI is InChI=1S/C11H18N2O2/c14-10-5-6-11(15)13(10)9-12-7-3-1-2-4-8-12/h1-9H2/p+1.